The Hall–Kier alpha value is -1.03. The number of carbonyl (C=O) groups excluding carboxylic acids is 1. The van der Waals surface area contributed by atoms with Gasteiger partial charge >= 0.3 is 0 Å². The zero-order valence-electron chi connectivity index (χ0n) is 7.45. The standard InChI is InChI=1S/C9H10FNOS/c1-13(2)11-9(12)7-3-5-8(10)6-4-7/h3-6H,1-2H3. The van der Waals surface area contributed by atoms with Gasteiger partial charge in [-0.3, -0.25) is 4.79 Å². The van der Waals surface area contributed by atoms with E-state index in [0.29, 0.717) is 5.56 Å². The van der Waals surface area contributed by atoms with E-state index >= 15 is 0 Å². The number of hydrogen-bond donors (Lipinski definition) is 0. The molecule has 70 valence electrons. The Kier molecular flexibility index (Phi) is 3.31. The maximum Gasteiger partial charge on any atom is 0.282 e. The molecule has 0 N–H and O–H groups in total. The van der Waals surface area contributed by atoms with Crippen LogP contribution in [0.3, 0.4) is 0 Å². The quantitative estimate of drug-likeness (QED) is 0.680. The Morgan fingerprint density at radius 1 is 1.31 bits per heavy atom. The molecule has 0 aliphatic rings. The van der Waals surface area contributed by atoms with Crippen LogP contribution < -0.4 is 0 Å². The second-order valence-corrected chi connectivity index (χ2v) is 4.41. The molecule has 0 radical (unpaired) electrons. The predicted molar refractivity (Wildman–Crippen MR) is 52.4 cm³/mol. The number of carbonyl (C=O) groups is 1. The minimum absolute atomic E-state index is 0.270. The Labute approximate surface area is 78.9 Å². The van der Waals surface area contributed by atoms with E-state index in [0.717, 1.165) is 0 Å². The largest absolute Gasteiger partial charge is 0.282 e. The number of nitrogens with zero attached hydrogens (tertiary/aromatic N) is 1. The van der Waals surface area contributed by atoms with Crippen LogP contribution in [-0.4, -0.2) is 18.4 Å². The second-order valence-electron chi connectivity index (χ2n) is 2.68. The van der Waals surface area contributed by atoms with Gasteiger partial charge in [-0.15, -0.1) is 0 Å². The van der Waals surface area contributed by atoms with E-state index in [9.17, 15) is 9.18 Å². The third kappa shape index (κ3) is 3.06. The summed E-state index contributed by atoms with van der Waals surface area (Å²) in [5, 5.41) is 0. The second kappa shape index (κ2) is 4.28. The fraction of sp³-hybridized carbons (Fsp3) is 0.222. The summed E-state index contributed by atoms with van der Waals surface area (Å²) < 4.78 is 16.3. The first-order valence-corrected chi connectivity index (χ1v) is 5.69. The van der Waals surface area contributed by atoms with Gasteiger partial charge in [-0.1, -0.05) is 10.7 Å². The van der Waals surface area contributed by atoms with Gasteiger partial charge in [-0.2, -0.15) is 4.36 Å². The molecule has 4 heteroatoms. The Balaban J connectivity index is 2.90. The highest BCUT2D eigenvalue weighted by molar-refractivity contribution is 7.86. The topological polar surface area (TPSA) is 29.4 Å². The molecule has 0 bridgehead atoms. The van der Waals surface area contributed by atoms with Gasteiger partial charge in [0, 0.05) is 5.56 Å². The molecule has 13 heavy (non-hydrogen) atoms. The number of hydrogen-bond acceptors (Lipinski definition) is 1. The molecule has 2 nitrogen and oxygen atoms in total. The Morgan fingerprint density at radius 3 is 2.31 bits per heavy atom. The predicted octanol–water partition coefficient (Wildman–Crippen LogP) is 2.03. The maximum absolute atomic E-state index is 12.5. The van der Waals surface area contributed by atoms with Crippen LogP contribution in [0.4, 0.5) is 4.39 Å². The molecule has 1 amide bonds. The smallest absolute Gasteiger partial charge is 0.266 e. The van der Waals surface area contributed by atoms with Crippen molar-refractivity contribution in [3.8, 4) is 0 Å². The fourth-order valence-electron chi connectivity index (χ4n) is 0.811. The molecule has 1 aromatic carbocycles. The van der Waals surface area contributed by atoms with Gasteiger partial charge in [0.1, 0.15) is 5.82 Å². The summed E-state index contributed by atoms with van der Waals surface area (Å²) in [6, 6.07) is 5.39. The SMILES string of the molecule is CS(C)=NC(=O)c1ccc(F)cc1. The van der Waals surface area contributed by atoms with E-state index in [4.69, 9.17) is 0 Å². The van der Waals surface area contributed by atoms with Gasteiger partial charge in [0.15, 0.2) is 0 Å². The van der Waals surface area contributed by atoms with Crippen molar-refractivity contribution in [3.05, 3.63) is 35.6 Å². The number of benzene rings is 1. The van der Waals surface area contributed by atoms with E-state index in [1.165, 1.54) is 24.3 Å². The van der Waals surface area contributed by atoms with E-state index in [1.807, 2.05) is 12.5 Å². The van der Waals surface area contributed by atoms with Crippen molar-refractivity contribution in [2.45, 2.75) is 0 Å². The van der Waals surface area contributed by atoms with Gasteiger partial charge in [-0.25, -0.2) is 4.39 Å². The first-order chi connectivity index (χ1) is 6.09. The fourth-order valence-corrected chi connectivity index (χ4v) is 1.25. The van der Waals surface area contributed by atoms with Crippen molar-refractivity contribution in [1.29, 1.82) is 0 Å². The zero-order valence-corrected chi connectivity index (χ0v) is 8.27. The van der Waals surface area contributed by atoms with Crippen LogP contribution in [-0.2, 0) is 10.7 Å². The lowest BCUT2D eigenvalue weighted by Gasteiger charge is -1.95. The molecule has 0 saturated carbocycles. The van der Waals surface area contributed by atoms with Gasteiger partial charge in [0.2, 0.25) is 0 Å². The van der Waals surface area contributed by atoms with Crippen molar-refractivity contribution in [1.82, 2.24) is 0 Å². The average molecular weight is 199 g/mol. The first kappa shape index (κ1) is 10.1. The molecule has 1 rings (SSSR count). The van der Waals surface area contributed by atoms with Crippen LogP contribution in [0.5, 0.6) is 0 Å². The first-order valence-electron chi connectivity index (χ1n) is 3.69. The highest BCUT2D eigenvalue weighted by Crippen LogP contribution is 2.04. The lowest BCUT2D eigenvalue weighted by Crippen LogP contribution is -1.96. The number of rotatable bonds is 1. The van der Waals surface area contributed by atoms with E-state index < -0.39 is 0 Å². The monoisotopic (exact) mass is 199 g/mol. The highest BCUT2D eigenvalue weighted by atomic mass is 32.2. The van der Waals surface area contributed by atoms with Crippen LogP contribution in [0.15, 0.2) is 28.6 Å². The number of halogens is 1. The van der Waals surface area contributed by atoms with Crippen LogP contribution in [0.2, 0.25) is 0 Å². The molecule has 0 spiro atoms. The molecule has 1 aromatic rings. The van der Waals surface area contributed by atoms with Crippen LogP contribution >= 0.6 is 0 Å². The zero-order chi connectivity index (χ0) is 9.84. The summed E-state index contributed by atoms with van der Waals surface area (Å²) in [5.74, 6) is -0.628. The van der Waals surface area contributed by atoms with E-state index in [2.05, 4.69) is 4.36 Å². The highest BCUT2D eigenvalue weighted by Gasteiger charge is 2.02. The van der Waals surface area contributed by atoms with Crippen molar-refractivity contribution in [3.63, 3.8) is 0 Å². The minimum Gasteiger partial charge on any atom is -0.266 e. The Morgan fingerprint density at radius 2 is 1.85 bits per heavy atom. The molecule has 0 heterocycles. The Bertz CT molecular complexity index is 341. The van der Waals surface area contributed by atoms with Crippen molar-refractivity contribution in [2.75, 3.05) is 12.5 Å². The normalized spacial score (nSPS) is 10.2. The van der Waals surface area contributed by atoms with Gasteiger partial charge in [0.25, 0.3) is 5.91 Å². The molecule has 0 unspecified atom stereocenters. The molecular formula is C9H10FNOS. The molecule has 0 fully saturated rings. The summed E-state index contributed by atoms with van der Waals surface area (Å²) in [5.41, 5.74) is 0.433. The summed E-state index contributed by atoms with van der Waals surface area (Å²) in [4.78, 5) is 11.3. The minimum atomic E-state index is -0.344. The van der Waals surface area contributed by atoms with E-state index in [-0.39, 0.29) is 22.4 Å². The summed E-state index contributed by atoms with van der Waals surface area (Å²) in [6.07, 6.45) is 3.70. The lowest BCUT2D eigenvalue weighted by molar-refractivity contribution is 0.101. The average Bonchev–Trinajstić information content (AvgIpc) is 2.04. The maximum atomic E-state index is 12.5. The van der Waals surface area contributed by atoms with Crippen LogP contribution in [0, 0.1) is 5.82 Å². The van der Waals surface area contributed by atoms with Crippen LogP contribution in [0.1, 0.15) is 10.4 Å². The van der Waals surface area contributed by atoms with Gasteiger partial charge in [0.05, 0.1) is 0 Å². The van der Waals surface area contributed by atoms with Crippen molar-refractivity contribution in [2.24, 2.45) is 4.36 Å². The third-order valence-corrected chi connectivity index (χ3v) is 1.89. The lowest BCUT2D eigenvalue weighted by atomic mass is 10.2. The molecular weight excluding hydrogens is 189 g/mol. The van der Waals surface area contributed by atoms with Crippen molar-refractivity contribution >= 4 is 16.6 Å². The third-order valence-electron chi connectivity index (χ3n) is 1.36. The number of amides is 1. The summed E-state index contributed by atoms with van der Waals surface area (Å²) in [6.45, 7) is 0. The summed E-state index contributed by atoms with van der Waals surface area (Å²) >= 11 is 0. The van der Waals surface area contributed by atoms with Gasteiger partial charge in [-0.05, 0) is 36.8 Å². The molecule has 0 aliphatic carbocycles. The van der Waals surface area contributed by atoms with Gasteiger partial charge < -0.3 is 0 Å². The molecule has 0 saturated heterocycles. The molecule has 0 aliphatic heterocycles. The summed E-state index contributed by atoms with van der Waals surface area (Å²) in [7, 11) is -0.270. The molecule has 0 aromatic heterocycles. The van der Waals surface area contributed by atoms with E-state index in [1.54, 1.807) is 0 Å². The van der Waals surface area contributed by atoms with Crippen LogP contribution in [0.25, 0.3) is 0 Å². The van der Waals surface area contributed by atoms with Crippen molar-refractivity contribution < 1.29 is 9.18 Å². The molecule has 0 atom stereocenters.